The standard InChI is InChI=1S/C22H24N4O3/c1-29-20-7-5-17(6-8-20)15-26(16-21(27)25-11-9-24-10-12-25)22(28)19-4-2-3-18(13-19)14-23/h2-8,13,24H,9-12,15-16H2,1H3. The molecule has 1 N–H and O–H groups in total. The summed E-state index contributed by atoms with van der Waals surface area (Å²) in [7, 11) is 1.60. The molecule has 0 aliphatic carbocycles. The van der Waals surface area contributed by atoms with E-state index in [0.717, 1.165) is 24.4 Å². The fourth-order valence-corrected chi connectivity index (χ4v) is 3.23. The van der Waals surface area contributed by atoms with Crippen molar-refractivity contribution >= 4 is 11.8 Å². The van der Waals surface area contributed by atoms with Gasteiger partial charge in [0.2, 0.25) is 5.91 Å². The molecular weight excluding hydrogens is 368 g/mol. The number of rotatable bonds is 6. The number of carbonyl (C=O) groups is 2. The number of nitriles is 1. The van der Waals surface area contributed by atoms with Crippen LogP contribution in [0.15, 0.2) is 48.5 Å². The van der Waals surface area contributed by atoms with Crippen LogP contribution < -0.4 is 10.1 Å². The molecule has 1 heterocycles. The zero-order valence-electron chi connectivity index (χ0n) is 16.4. The molecule has 1 aliphatic rings. The molecule has 0 radical (unpaired) electrons. The minimum absolute atomic E-state index is 0.0123. The first-order valence-corrected chi connectivity index (χ1v) is 9.51. The Morgan fingerprint density at radius 1 is 1.17 bits per heavy atom. The number of nitrogens with zero attached hydrogens (tertiary/aromatic N) is 3. The van der Waals surface area contributed by atoms with Crippen LogP contribution in [-0.4, -0.2) is 61.4 Å². The molecule has 2 aromatic carbocycles. The summed E-state index contributed by atoms with van der Waals surface area (Å²) in [6.07, 6.45) is 0. The highest BCUT2D eigenvalue weighted by molar-refractivity contribution is 5.96. The first kappa shape index (κ1) is 20.4. The molecule has 29 heavy (non-hydrogen) atoms. The van der Waals surface area contributed by atoms with E-state index in [2.05, 4.69) is 5.32 Å². The lowest BCUT2D eigenvalue weighted by Gasteiger charge is -2.30. The Kier molecular flexibility index (Phi) is 6.82. The van der Waals surface area contributed by atoms with E-state index in [1.165, 1.54) is 4.90 Å². The second kappa shape index (κ2) is 9.71. The number of methoxy groups -OCH3 is 1. The van der Waals surface area contributed by atoms with Crippen molar-refractivity contribution < 1.29 is 14.3 Å². The Morgan fingerprint density at radius 2 is 1.90 bits per heavy atom. The molecule has 0 atom stereocenters. The van der Waals surface area contributed by atoms with Crippen molar-refractivity contribution in [1.82, 2.24) is 15.1 Å². The summed E-state index contributed by atoms with van der Waals surface area (Å²) in [6, 6.07) is 16.0. The van der Waals surface area contributed by atoms with Crippen LogP contribution in [0.2, 0.25) is 0 Å². The lowest BCUT2D eigenvalue weighted by Crippen LogP contribution is -2.50. The molecule has 3 rings (SSSR count). The topological polar surface area (TPSA) is 85.7 Å². The summed E-state index contributed by atoms with van der Waals surface area (Å²) < 4.78 is 5.18. The van der Waals surface area contributed by atoms with Crippen LogP contribution in [0.3, 0.4) is 0 Å². The van der Waals surface area contributed by atoms with E-state index in [-0.39, 0.29) is 24.9 Å². The van der Waals surface area contributed by atoms with Gasteiger partial charge in [0.05, 0.1) is 18.7 Å². The second-order valence-corrected chi connectivity index (χ2v) is 6.83. The zero-order chi connectivity index (χ0) is 20.6. The maximum atomic E-state index is 13.2. The molecule has 150 valence electrons. The molecule has 1 saturated heterocycles. The zero-order valence-corrected chi connectivity index (χ0v) is 16.4. The van der Waals surface area contributed by atoms with Crippen molar-refractivity contribution in [2.45, 2.75) is 6.54 Å². The molecule has 1 aliphatic heterocycles. The normalized spacial score (nSPS) is 13.4. The van der Waals surface area contributed by atoms with Gasteiger partial charge >= 0.3 is 0 Å². The lowest BCUT2D eigenvalue weighted by molar-refractivity contribution is -0.132. The monoisotopic (exact) mass is 392 g/mol. The highest BCUT2D eigenvalue weighted by Crippen LogP contribution is 2.16. The fraction of sp³-hybridized carbons (Fsp3) is 0.318. The van der Waals surface area contributed by atoms with Crippen molar-refractivity contribution in [1.29, 1.82) is 5.26 Å². The molecule has 0 bridgehead atoms. The molecular formula is C22H24N4O3. The summed E-state index contributed by atoms with van der Waals surface area (Å²) in [5.41, 5.74) is 1.70. The van der Waals surface area contributed by atoms with Crippen LogP contribution in [0, 0.1) is 11.3 Å². The average Bonchev–Trinajstić information content (AvgIpc) is 2.79. The minimum Gasteiger partial charge on any atom is -0.497 e. The first-order valence-electron chi connectivity index (χ1n) is 9.51. The summed E-state index contributed by atoms with van der Waals surface area (Å²) in [6.45, 7) is 3.05. The van der Waals surface area contributed by atoms with Crippen LogP contribution in [0.4, 0.5) is 0 Å². The van der Waals surface area contributed by atoms with Gasteiger partial charge in [-0.05, 0) is 35.9 Å². The number of benzene rings is 2. The molecule has 1 fully saturated rings. The minimum atomic E-state index is -0.276. The Balaban J connectivity index is 1.81. The van der Waals surface area contributed by atoms with Crippen LogP contribution in [0.5, 0.6) is 5.75 Å². The van der Waals surface area contributed by atoms with Gasteiger partial charge in [0, 0.05) is 38.3 Å². The SMILES string of the molecule is COc1ccc(CN(CC(=O)N2CCNCC2)C(=O)c2cccc(C#N)c2)cc1. The van der Waals surface area contributed by atoms with Crippen molar-refractivity contribution in [2.24, 2.45) is 0 Å². The molecule has 0 unspecified atom stereocenters. The maximum absolute atomic E-state index is 13.2. The molecule has 2 amide bonds. The number of piperazine rings is 1. The second-order valence-electron chi connectivity index (χ2n) is 6.83. The molecule has 0 saturated carbocycles. The Hall–Kier alpha value is -3.37. The summed E-state index contributed by atoms with van der Waals surface area (Å²) in [4.78, 5) is 29.3. The maximum Gasteiger partial charge on any atom is 0.254 e. The van der Waals surface area contributed by atoms with Crippen molar-refractivity contribution in [3.05, 3.63) is 65.2 Å². The van der Waals surface area contributed by atoms with Gasteiger partial charge < -0.3 is 19.9 Å². The van der Waals surface area contributed by atoms with Crippen molar-refractivity contribution in [3.63, 3.8) is 0 Å². The van der Waals surface area contributed by atoms with E-state index in [1.54, 1.807) is 36.3 Å². The predicted octanol–water partition coefficient (Wildman–Crippen LogP) is 1.64. The van der Waals surface area contributed by atoms with Gasteiger partial charge in [-0.15, -0.1) is 0 Å². The van der Waals surface area contributed by atoms with Gasteiger partial charge in [0.25, 0.3) is 5.91 Å². The lowest BCUT2D eigenvalue weighted by atomic mass is 10.1. The number of amides is 2. The highest BCUT2D eigenvalue weighted by Gasteiger charge is 2.23. The largest absolute Gasteiger partial charge is 0.497 e. The van der Waals surface area contributed by atoms with Gasteiger partial charge in [-0.2, -0.15) is 5.26 Å². The van der Waals surface area contributed by atoms with E-state index in [1.807, 2.05) is 30.3 Å². The van der Waals surface area contributed by atoms with Gasteiger partial charge in [0.15, 0.2) is 0 Å². The molecule has 0 spiro atoms. The van der Waals surface area contributed by atoms with Crippen LogP contribution >= 0.6 is 0 Å². The fourth-order valence-electron chi connectivity index (χ4n) is 3.23. The number of nitrogens with one attached hydrogen (secondary N) is 1. The Labute approximate surface area is 170 Å². The first-order chi connectivity index (χ1) is 14.1. The molecule has 7 nitrogen and oxygen atoms in total. The number of carbonyl (C=O) groups excluding carboxylic acids is 2. The van der Waals surface area contributed by atoms with Crippen molar-refractivity contribution in [2.75, 3.05) is 39.8 Å². The van der Waals surface area contributed by atoms with Crippen LogP contribution in [0.25, 0.3) is 0 Å². The third kappa shape index (κ3) is 5.33. The number of hydrogen-bond acceptors (Lipinski definition) is 5. The van der Waals surface area contributed by atoms with Crippen LogP contribution in [-0.2, 0) is 11.3 Å². The summed E-state index contributed by atoms with van der Waals surface area (Å²) in [5, 5.41) is 12.3. The molecule has 2 aromatic rings. The van der Waals surface area contributed by atoms with Crippen LogP contribution in [0.1, 0.15) is 21.5 Å². The number of hydrogen-bond donors (Lipinski definition) is 1. The third-order valence-electron chi connectivity index (χ3n) is 4.85. The van der Waals surface area contributed by atoms with E-state index < -0.39 is 0 Å². The molecule has 0 aromatic heterocycles. The Morgan fingerprint density at radius 3 is 2.55 bits per heavy atom. The van der Waals surface area contributed by atoms with E-state index >= 15 is 0 Å². The summed E-state index contributed by atoms with van der Waals surface area (Å²) >= 11 is 0. The smallest absolute Gasteiger partial charge is 0.254 e. The third-order valence-corrected chi connectivity index (χ3v) is 4.85. The summed E-state index contributed by atoms with van der Waals surface area (Å²) in [5.74, 6) is 0.372. The quantitative estimate of drug-likeness (QED) is 0.808. The van der Waals surface area contributed by atoms with Gasteiger partial charge in [-0.25, -0.2) is 0 Å². The van der Waals surface area contributed by atoms with Crippen molar-refractivity contribution in [3.8, 4) is 11.8 Å². The van der Waals surface area contributed by atoms with E-state index in [4.69, 9.17) is 10.00 Å². The average molecular weight is 392 g/mol. The number of ether oxygens (including phenoxy) is 1. The van der Waals surface area contributed by atoms with Gasteiger partial charge in [0.1, 0.15) is 12.3 Å². The van der Waals surface area contributed by atoms with Gasteiger partial charge in [-0.1, -0.05) is 18.2 Å². The molecule has 7 heteroatoms. The van der Waals surface area contributed by atoms with Gasteiger partial charge in [-0.3, -0.25) is 9.59 Å². The highest BCUT2D eigenvalue weighted by atomic mass is 16.5. The Bertz CT molecular complexity index is 899. The van der Waals surface area contributed by atoms with E-state index in [9.17, 15) is 9.59 Å². The van der Waals surface area contributed by atoms with E-state index in [0.29, 0.717) is 24.2 Å². The predicted molar refractivity (Wildman–Crippen MR) is 108 cm³/mol.